The third-order valence-corrected chi connectivity index (χ3v) is 4.73. The molecule has 2 aromatic heterocycles. The predicted octanol–water partition coefficient (Wildman–Crippen LogP) is 4.04. The lowest BCUT2D eigenvalue weighted by molar-refractivity contribution is 0.628. The van der Waals surface area contributed by atoms with Crippen LogP contribution in [0, 0.1) is 5.82 Å². The van der Waals surface area contributed by atoms with Gasteiger partial charge >= 0.3 is 5.69 Å². The van der Waals surface area contributed by atoms with Crippen LogP contribution in [0.25, 0.3) is 33.4 Å². The monoisotopic (exact) mass is 350 g/mol. The molecule has 4 aromatic rings. The summed E-state index contributed by atoms with van der Waals surface area (Å²) in [5, 5.41) is 7.16. The van der Waals surface area contributed by atoms with Crippen LogP contribution in [0.1, 0.15) is 13.8 Å². The highest BCUT2D eigenvalue weighted by Gasteiger charge is 2.15. The van der Waals surface area contributed by atoms with Crippen molar-refractivity contribution in [2.24, 2.45) is 0 Å². The highest BCUT2D eigenvalue weighted by molar-refractivity contribution is 5.87. The van der Waals surface area contributed by atoms with E-state index in [1.54, 1.807) is 27.5 Å². The molecule has 2 aromatic carbocycles. The minimum Gasteiger partial charge on any atom is -0.292 e. The standard InChI is InChI=1S/C20H19FN4O/c1-3-24-17-10-7-14(11-18(17)25(4-2)20(24)26)16-12-22-23-19(16)13-5-8-15(21)9-6-13/h5-12H,3-4H2,1-2H3,(H,22,23). The molecular formula is C20H19FN4O. The van der Waals surface area contributed by atoms with Gasteiger partial charge in [-0.2, -0.15) is 5.10 Å². The zero-order valence-corrected chi connectivity index (χ0v) is 14.7. The van der Waals surface area contributed by atoms with Crippen LogP contribution in [0.4, 0.5) is 4.39 Å². The molecule has 5 nitrogen and oxygen atoms in total. The van der Waals surface area contributed by atoms with Crippen molar-refractivity contribution in [2.75, 3.05) is 0 Å². The van der Waals surface area contributed by atoms with Gasteiger partial charge in [0.1, 0.15) is 5.82 Å². The molecule has 0 aliphatic carbocycles. The van der Waals surface area contributed by atoms with E-state index in [2.05, 4.69) is 10.2 Å². The van der Waals surface area contributed by atoms with E-state index < -0.39 is 0 Å². The van der Waals surface area contributed by atoms with Crippen LogP contribution < -0.4 is 5.69 Å². The molecule has 4 rings (SSSR count). The van der Waals surface area contributed by atoms with Gasteiger partial charge in [0.15, 0.2) is 0 Å². The summed E-state index contributed by atoms with van der Waals surface area (Å²) in [6.45, 7) is 5.18. The second-order valence-electron chi connectivity index (χ2n) is 6.14. The first-order chi connectivity index (χ1) is 12.6. The Hall–Kier alpha value is -3.15. The van der Waals surface area contributed by atoms with Crippen molar-refractivity contribution < 1.29 is 4.39 Å². The largest absolute Gasteiger partial charge is 0.329 e. The van der Waals surface area contributed by atoms with Gasteiger partial charge in [-0.25, -0.2) is 9.18 Å². The van der Waals surface area contributed by atoms with Crippen LogP contribution in [0.3, 0.4) is 0 Å². The molecule has 6 heteroatoms. The van der Waals surface area contributed by atoms with Crippen molar-refractivity contribution in [3.63, 3.8) is 0 Å². The third kappa shape index (κ3) is 2.45. The number of aryl methyl sites for hydroxylation is 2. The summed E-state index contributed by atoms with van der Waals surface area (Å²) in [7, 11) is 0. The van der Waals surface area contributed by atoms with Crippen LogP contribution in [-0.2, 0) is 13.1 Å². The van der Waals surface area contributed by atoms with Gasteiger partial charge in [0, 0.05) is 24.2 Å². The maximum absolute atomic E-state index is 13.2. The van der Waals surface area contributed by atoms with Gasteiger partial charge in [-0.3, -0.25) is 14.2 Å². The van der Waals surface area contributed by atoms with E-state index in [1.807, 2.05) is 32.0 Å². The Balaban J connectivity index is 1.90. The second-order valence-corrected chi connectivity index (χ2v) is 6.14. The van der Waals surface area contributed by atoms with E-state index in [0.717, 1.165) is 33.4 Å². The molecule has 0 saturated carbocycles. The second kappa shape index (κ2) is 6.29. The molecule has 0 spiro atoms. The van der Waals surface area contributed by atoms with Gasteiger partial charge in [-0.05, 0) is 55.8 Å². The Morgan fingerprint density at radius 1 is 0.962 bits per heavy atom. The Morgan fingerprint density at radius 2 is 1.62 bits per heavy atom. The van der Waals surface area contributed by atoms with Crippen molar-refractivity contribution in [3.8, 4) is 22.4 Å². The fraction of sp³-hybridized carbons (Fsp3) is 0.200. The number of hydrogen-bond donors (Lipinski definition) is 1. The number of imidazole rings is 1. The number of benzene rings is 2. The molecule has 132 valence electrons. The van der Waals surface area contributed by atoms with Crippen LogP contribution in [-0.4, -0.2) is 19.3 Å². The number of hydrogen-bond acceptors (Lipinski definition) is 2. The van der Waals surface area contributed by atoms with E-state index in [-0.39, 0.29) is 11.5 Å². The molecule has 0 unspecified atom stereocenters. The smallest absolute Gasteiger partial charge is 0.292 e. The summed E-state index contributed by atoms with van der Waals surface area (Å²) in [4.78, 5) is 12.5. The van der Waals surface area contributed by atoms with Gasteiger partial charge in [-0.15, -0.1) is 0 Å². The van der Waals surface area contributed by atoms with Gasteiger partial charge in [0.25, 0.3) is 0 Å². The normalized spacial score (nSPS) is 11.3. The lowest BCUT2D eigenvalue weighted by Gasteiger charge is -2.06. The molecule has 26 heavy (non-hydrogen) atoms. The first-order valence-corrected chi connectivity index (χ1v) is 8.66. The molecule has 0 aliphatic rings. The minimum atomic E-state index is -0.274. The van der Waals surface area contributed by atoms with Crippen LogP contribution >= 0.6 is 0 Å². The molecular weight excluding hydrogens is 331 g/mol. The predicted molar refractivity (Wildman–Crippen MR) is 101 cm³/mol. The molecule has 0 fully saturated rings. The average molecular weight is 350 g/mol. The van der Waals surface area contributed by atoms with Gasteiger partial charge in [0.2, 0.25) is 0 Å². The number of H-pyrrole nitrogens is 1. The highest BCUT2D eigenvalue weighted by atomic mass is 19.1. The summed E-state index contributed by atoms with van der Waals surface area (Å²) < 4.78 is 16.8. The zero-order valence-electron chi connectivity index (χ0n) is 14.7. The first-order valence-electron chi connectivity index (χ1n) is 8.66. The molecule has 0 radical (unpaired) electrons. The summed E-state index contributed by atoms with van der Waals surface area (Å²) in [6.07, 6.45) is 1.76. The van der Waals surface area contributed by atoms with Crippen molar-refractivity contribution in [2.45, 2.75) is 26.9 Å². The Bertz CT molecular complexity index is 1140. The van der Waals surface area contributed by atoms with E-state index in [9.17, 15) is 9.18 Å². The topological polar surface area (TPSA) is 55.6 Å². The van der Waals surface area contributed by atoms with Crippen molar-refractivity contribution in [1.82, 2.24) is 19.3 Å². The summed E-state index contributed by atoms with van der Waals surface area (Å²) in [6, 6.07) is 12.3. The van der Waals surface area contributed by atoms with E-state index in [0.29, 0.717) is 13.1 Å². The summed E-state index contributed by atoms with van der Waals surface area (Å²) in [5.41, 5.74) is 5.40. The Labute approximate surface area is 149 Å². The van der Waals surface area contributed by atoms with Crippen LogP contribution in [0.2, 0.25) is 0 Å². The number of nitrogens with zero attached hydrogens (tertiary/aromatic N) is 3. The van der Waals surface area contributed by atoms with E-state index in [1.165, 1.54) is 12.1 Å². The van der Waals surface area contributed by atoms with Crippen LogP contribution in [0.15, 0.2) is 53.5 Å². The minimum absolute atomic E-state index is 0.00750. The molecule has 0 saturated heterocycles. The Morgan fingerprint density at radius 3 is 2.31 bits per heavy atom. The lowest BCUT2D eigenvalue weighted by Crippen LogP contribution is -2.22. The number of aromatic nitrogens is 4. The highest BCUT2D eigenvalue weighted by Crippen LogP contribution is 2.32. The van der Waals surface area contributed by atoms with Gasteiger partial charge in [-0.1, -0.05) is 6.07 Å². The zero-order chi connectivity index (χ0) is 18.3. The third-order valence-electron chi connectivity index (χ3n) is 4.73. The Kier molecular flexibility index (Phi) is 3.95. The molecule has 1 N–H and O–H groups in total. The molecule has 0 atom stereocenters. The molecule has 0 bridgehead atoms. The summed E-state index contributed by atoms with van der Waals surface area (Å²) >= 11 is 0. The number of nitrogens with one attached hydrogen (secondary N) is 1. The van der Waals surface area contributed by atoms with Gasteiger partial charge in [0.05, 0.1) is 22.9 Å². The fourth-order valence-electron chi connectivity index (χ4n) is 3.44. The molecule has 0 amide bonds. The maximum Gasteiger partial charge on any atom is 0.329 e. The molecule has 2 heterocycles. The maximum atomic E-state index is 13.2. The van der Waals surface area contributed by atoms with Crippen molar-refractivity contribution in [3.05, 3.63) is 65.0 Å². The van der Waals surface area contributed by atoms with E-state index in [4.69, 9.17) is 0 Å². The van der Waals surface area contributed by atoms with E-state index >= 15 is 0 Å². The number of fused-ring (bicyclic) bond motifs is 1. The quantitative estimate of drug-likeness (QED) is 0.604. The average Bonchev–Trinajstić information content (AvgIpc) is 3.23. The fourth-order valence-corrected chi connectivity index (χ4v) is 3.44. The van der Waals surface area contributed by atoms with Crippen molar-refractivity contribution in [1.29, 1.82) is 0 Å². The summed E-state index contributed by atoms with van der Waals surface area (Å²) in [5.74, 6) is -0.274. The number of rotatable bonds is 4. The number of aromatic amines is 1. The SMILES string of the molecule is CCn1c(=O)n(CC)c2cc(-c3cn[nH]c3-c3ccc(F)cc3)ccc21. The number of halogens is 1. The molecule has 0 aliphatic heterocycles. The van der Waals surface area contributed by atoms with Crippen molar-refractivity contribution >= 4 is 11.0 Å². The van der Waals surface area contributed by atoms with Gasteiger partial charge < -0.3 is 0 Å². The van der Waals surface area contributed by atoms with Crippen LogP contribution in [0.5, 0.6) is 0 Å². The lowest BCUT2D eigenvalue weighted by atomic mass is 10.0. The first kappa shape index (κ1) is 16.3.